The lowest BCUT2D eigenvalue weighted by Gasteiger charge is -2.29. The van der Waals surface area contributed by atoms with E-state index in [0.29, 0.717) is 35.3 Å². The fourth-order valence-corrected chi connectivity index (χ4v) is 7.15. The Kier molecular flexibility index (Phi) is 9.24. The lowest BCUT2D eigenvalue weighted by Crippen LogP contribution is -2.52. The Labute approximate surface area is 263 Å². The number of aliphatic hydroxyl groups is 1. The van der Waals surface area contributed by atoms with Gasteiger partial charge >= 0.3 is 0 Å². The highest BCUT2D eigenvalue weighted by molar-refractivity contribution is 7.09. The quantitative estimate of drug-likeness (QED) is 0.246. The maximum absolute atomic E-state index is 14.0. The average molecular weight is 633 g/mol. The highest BCUT2D eigenvalue weighted by atomic mass is 32.1. The van der Waals surface area contributed by atoms with Crippen LogP contribution in [0.5, 0.6) is 0 Å². The molecule has 4 aromatic rings. The molecular weight excluding hydrogens is 598 g/mol. The number of amides is 2. The second kappa shape index (κ2) is 13.5. The van der Waals surface area contributed by atoms with Crippen molar-refractivity contribution in [2.24, 2.45) is 0 Å². The van der Waals surface area contributed by atoms with Crippen LogP contribution < -0.4 is 10.6 Å². The van der Waals surface area contributed by atoms with E-state index < -0.39 is 29.7 Å². The van der Waals surface area contributed by atoms with Gasteiger partial charge in [0.15, 0.2) is 0 Å². The lowest BCUT2D eigenvalue weighted by atomic mass is 9.94. The molecule has 3 N–H and O–H groups in total. The molecule has 0 radical (unpaired) electrons. The molecule has 2 aliphatic rings. The van der Waals surface area contributed by atoms with Crippen LogP contribution in [0.1, 0.15) is 68.7 Å². The summed E-state index contributed by atoms with van der Waals surface area (Å²) < 4.78 is 28.1. The van der Waals surface area contributed by atoms with E-state index in [9.17, 15) is 23.5 Å². The summed E-state index contributed by atoms with van der Waals surface area (Å²) >= 11 is 1.53. The van der Waals surface area contributed by atoms with E-state index >= 15 is 0 Å². The number of benzene rings is 2. The number of carbonyl (C=O) groups is 2. The fraction of sp³-hybridized carbons (Fsp3) is 0.364. The SMILES string of the molecule is Cc1csc([C@H]2CCCN2C(=O)c2cc(C(=O)NC(Cc3cc(F)cc(F)c3)[C@H](O)[C@@H]3CCCN3)cc(-c3cnccn3)c2)n1. The second-order valence-electron chi connectivity index (χ2n) is 11.6. The number of nitrogens with zero attached hydrogens (tertiary/aromatic N) is 4. The van der Waals surface area contributed by atoms with Crippen molar-refractivity contribution < 1.29 is 23.5 Å². The van der Waals surface area contributed by atoms with Crippen molar-refractivity contribution in [1.82, 2.24) is 30.5 Å². The summed E-state index contributed by atoms with van der Waals surface area (Å²) in [6.07, 6.45) is 6.78. The Hall–Kier alpha value is -4.13. The van der Waals surface area contributed by atoms with E-state index in [1.807, 2.05) is 12.3 Å². The monoisotopic (exact) mass is 632 g/mol. The number of rotatable bonds is 9. The van der Waals surface area contributed by atoms with Gasteiger partial charge in [-0.25, -0.2) is 13.8 Å². The normalized spacial score (nSPS) is 19.4. The van der Waals surface area contributed by atoms with E-state index in [-0.39, 0.29) is 30.0 Å². The molecule has 2 aromatic carbocycles. The Morgan fingerprint density at radius 1 is 1.09 bits per heavy atom. The van der Waals surface area contributed by atoms with Crippen LogP contribution >= 0.6 is 11.3 Å². The number of hydrogen-bond donors (Lipinski definition) is 3. The topological polar surface area (TPSA) is 120 Å². The summed E-state index contributed by atoms with van der Waals surface area (Å²) in [5.74, 6) is -2.25. The lowest BCUT2D eigenvalue weighted by molar-refractivity contribution is 0.0733. The minimum atomic E-state index is -1.03. The van der Waals surface area contributed by atoms with Gasteiger partial charge in [0.2, 0.25) is 0 Å². The second-order valence-corrected chi connectivity index (χ2v) is 12.5. The standard InChI is InChI=1S/C33H34F2N6O3S/c1-19-18-45-32(39-19)29-5-3-9-41(29)33(44)23-14-21(28-17-36-7-8-38-28)13-22(15-23)31(43)40-27(30(42)26-4-2-6-37-26)12-20-10-24(34)16-25(35)11-20/h7-8,10-11,13-18,26-27,29-30,37,42H,2-6,9,12H2,1H3,(H,40,43)/t26-,27?,29+,30+/m0/s1. The minimum Gasteiger partial charge on any atom is -0.389 e. The largest absolute Gasteiger partial charge is 0.389 e. The number of thiazole rings is 1. The van der Waals surface area contributed by atoms with Crippen LogP contribution in [0.4, 0.5) is 8.78 Å². The van der Waals surface area contributed by atoms with Crippen molar-refractivity contribution in [3.8, 4) is 11.3 Å². The van der Waals surface area contributed by atoms with Crippen molar-refractivity contribution in [3.05, 3.63) is 99.4 Å². The zero-order chi connectivity index (χ0) is 31.5. The van der Waals surface area contributed by atoms with Gasteiger partial charge < -0.3 is 20.6 Å². The molecule has 4 heterocycles. The zero-order valence-corrected chi connectivity index (χ0v) is 25.6. The van der Waals surface area contributed by atoms with Crippen LogP contribution in [0.15, 0.2) is 60.4 Å². The van der Waals surface area contributed by atoms with Crippen LogP contribution in [0.3, 0.4) is 0 Å². The molecule has 12 heteroatoms. The molecule has 0 aliphatic carbocycles. The summed E-state index contributed by atoms with van der Waals surface area (Å²) in [4.78, 5) is 42.9. The van der Waals surface area contributed by atoms with Crippen LogP contribution in [0.2, 0.25) is 0 Å². The molecule has 234 valence electrons. The maximum Gasteiger partial charge on any atom is 0.254 e. The molecule has 2 aliphatic heterocycles. The van der Waals surface area contributed by atoms with Gasteiger partial charge in [0.25, 0.3) is 11.8 Å². The van der Waals surface area contributed by atoms with E-state index in [4.69, 9.17) is 0 Å². The fourth-order valence-electron chi connectivity index (χ4n) is 6.21. The maximum atomic E-state index is 14.0. The van der Waals surface area contributed by atoms with Crippen molar-refractivity contribution in [2.75, 3.05) is 13.1 Å². The number of nitrogens with one attached hydrogen (secondary N) is 2. The first-order valence-electron chi connectivity index (χ1n) is 15.1. The number of aliphatic hydroxyl groups excluding tert-OH is 1. The summed E-state index contributed by atoms with van der Waals surface area (Å²) in [5.41, 5.74) is 2.72. The zero-order valence-electron chi connectivity index (χ0n) is 24.7. The number of aryl methyl sites for hydroxylation is 1. The molecule has 2 fully saturated rings. The Morgan fingerprint density at radius 3 is 2.58 bits per heavy atom. The molecule has 1 unspecified atom stereocenters. The van der Waals surface area contributed by atoms with Crippen molar-refractivity contribution in [1.29, 1.82) is 0 Å². The number of aromatic nitrogens is 3. The van der Waals surface area contributed by atoms with E-state index in [1.54, 1.807) is 29.3 Å². The molecule has 9 nitrogen and oxygen atoms in total. The Balaban J connectivity index is 1.33. The summed E-state index contributed by atoms with van der Waals surface area (Å²) in [5, 5.41) is 20.3. The highest BCUT2D eigenvalue weighted by Gasteiger charge is 2.34. The van der Waals surface area contributed by atoms with Crippen molar-refractivity contribution >= 4 is 23.2 Å². The van der Waals surface area contributed by atoms with E-state index in [2.05, 4.69) is 25.6 Å². The third kappa shape index (κ3) is 7.08. The molecule has 2 saturated heterocycles. The van der Waals surface area contributed by atoms with Gasteiger partial charge in [0, 0.05) is 58.8 Å². The van der Waals surface area contributed by atoms with Gasteiger partial charge in [-0.1, -0.05) is 0 Å². The number of carbonyl (C=O) groups excluding carboxylic acids is 2. The van der Waals surface area contributed by atoms with Gasteiger partial charge in [0.1, 0.15) is 16.6 Å². The molecule has 4 atom stereocenters. The van der Waals surface area contributed by atoms with Crippen LogP contribution in [0.25, 0.3) is 11.3 Å². The smallest absolute Gasteiger partial charge is 0.254 e. The predicted molar refractivity (Wildman–Crippen MR) is 166 cm³/mol. The molecular formula is C33H34F2N6O3S. The van der Waals surface area contributed by atoms with Gasteiger partial charge in [-0.2, -0.15) is 0 Å². The van der Waals surface area contributed by atoms with E-state index in [1.165, 1.54) is 35.9 Å². The molecule has 0 bridgehead atoms. The average Bonchev–Trinajstić information content (AvgIpc) is 3.82. The van der Waals surface area contributed by atoms with Crippen LogP contribution in [-0.2, 0) is 6.42 Å². The third-order valence-corrected chi connectivity index (χ3v) is 9.42. The third-order valence-electron chi connectivity index (χ3n) is 8.35. The summed E-state index contributed by atoms with van der Waals surface area (Å²) in [6, 6.07) is 6.72. The number of halogens is 2. The highest BCUT2D eigenvalue weighted by Crippen LogP contribution is 2.35. The molecule has 6 rings (SSSR count). The van der Waals surface area contributed by atoms with Gasteiger partial charge in [-0.3, -0.25) is 19.6 Å². The number of hydrogen-bond acceptors (Lipinski definition) is 8. The van der Waals surface area contributed by atoms with Gasteiger partial charge in [0.05, 0.1) is 30.1 Å². The molecule has 2 amide bonds. The first-order valence-corrected chi connectivity index (χ1v) is 15.9. The predicted octanol–water partition coefficient (Wildman–Crippen LogP) is 4.62. The first-order chi connectivity index (χ1) is 21.7. The van der Waals surface area contributed by atoms with E-state index in [0.717, 1.165) is 42.6 Å². The number of likely N-dealkylation sites (tertiary alicyclic amines) is 1. The molecule has 45 heavy (non-hydrogen) atoms. The Morgan fingerprint density at radius 2 is 1.89 bits per heavy atom. The summed E-state index contributed by atoms with van der Waals surface area (Å²) in [6.45, 7) is 3.21. The van der Waals surface area contributed by atoms with Crippen molar-refractivity contribution in [3.63, 3.8) is 0 Å². The van der Waals surface area contributed by atoms with Crippen molar-refractivity contribution in [2.45, 2.75) is 63.3 Å². The molecule has 0 saturated carbocycles. The molecule has 2 aromatic heterocycles. The summed E-state index contributed by atoms with van der Waals surface area (Å²) in [7, 11) is 0. The van der Waals surface area contributed by atoms with Gasteiger partial charge in [-0.05, 0) is 81.5 Å². The molecule has 0 spiro atoms. The first kappa shape index (κ1) is 30.9. The Bertz CT molecular complexity index is 1660. The van der Waals surface area contributed by atoms with Gasteiger partial charge in [-0.15, -0.1) is 11.3 Å². The minimum absolute atomic E-state index is 0.00189. The van der Waals surface area contributed by atoms with Crippen LogP contribution in [-0.4, -0.2) is 68.0 Å². The van der Waals surface area contributed by atoms with Crippen LogP contribution in [0, 0.1) is 18.6 Å².